The van der Waals surface area contributed by atoms with Gasteiger partial charge in [-0.25, -0.2) is 9.07 Å². The van der Waals surface area contributed by atoms with Crippen molar-refractivity contribution in [3.8, 4) is 5.69 Å². The van der Waals surface area contributed by atoms with Crippen molar-refractivity contribution < 1.29 is 14.2 Å². The molecule has 1 saturated carbocycles. The molecule has 0 spiro atoms. The minimum Gasteiger partial charge on any atom is -0.387 e. The fraction of sp³-hybridized carbons (Fsp3) is 0.407. The van der Waals surface area contributed by atoms with Gasteiger partial charge in [0.25, 0.3) is 0 Å². The zero-order chi connectivity index (χ0) is 23.2. The van der Waals surface area contributed by atoms with E-state index < -0.39 is 11.7 Å². The summed E-state index contributed by atoms with van der Waals surface area (Å²) in [5.74, 6) is -0.260. The normalized spacial score (nSPS) is 24.8. The zero-order valence-electron chi connectivity index (χ0n) is 19.4. The van der Waals surface area contributed by atoms with Crippen LogP contribution in [-0.2, 0) is 11.2 Å². The third kappa shape index (κ3) is 3.52. The Kier molecular flexibility index (Phi) is 5.46. The number of benzene rings is 1. The van der Waals surface area contributed by atoms with Crippen LogP contribution in [0.3, 0.4) is 0 Å². The third-order valence-corrected chi connectivity index (χ3v) is 7.63. The van der Waals surface area contributed by atoms with Gasteiger partial charge in [-0.2, -0.15) is 5.10 Å². The molecule has 0 aliphatic heterocycles. The first kappa shape index (κ1) is 22.0. The molecule has 1 N–H and O–H groups in total. The molecule has 3 aromatic rings. The number of aliphatic hydroxyl groups is 1. The average Bonchev–Trinajstić information content (AvgIpc) is 3.31. The van der Waals surface area contributed by atoms with Gasteiger partial charge in [-0.3, -0.25) is 4.98 Å². The molecular formula is C27H30FN3O2. The van der Waals surface area contributed by atoms with Crippen LogP contribution >= 0.6 is 0 Å². The summed E-state index contributed by atoms with van der Waals surface area (Å²) >= 11 is 0. The van der Waals surface area contributed by atoms with Gasteiger partial charge >= 0.3 is 0 Å². The minimum absolute atomic E-state index is 0.254. The Balaban J connectivity index is 1.51. The van der Waals surface area contributed by atoms with Gasteiger partial charge in [0.15, 0.2) is 0 Å². The first-order valence-corrected chi connectivity index (χ1v) is 11.6. The highest BCUT2D eigenvalue weighted by atomic mass is 19.1. The van der Waals surface area contributed by atoms with Gasteiger partial charge in [0.2, 0.25) is 0 Å². The second-order valence-corrected chi connectivity index (χ2v) is 9.47. The van der Waals surface area contributed by atoms with Crippen molar-refractivity contribution in [2.45, 2.75) is 58.2 Å². The number of pyridine rings is 1. The van der Waals surface area contributed by atoms with Crippen molar-refractivity contribution in [3.05, 3.63) is 82.7 Å². The van der Waals surface area contributed by atoms with Crippen LogP contribution in [0.25, 0.3) is 11.8 Å². The van der Waals surface area contributed by atoms with Gasteiger partial charge in [0, 0.05) is 24.6 Å². The van der Waals surface area contributed by atoms with E-state index in [0.29, 0.717) is 13.0 Å². The highest BCUT2D eigenvalue weighted by Gasteiger charge is 2.57. The predicted octanol–water partition coefficient (Wildman–Crippen LogP) is 5.35. The second kappa shape index (κ2) is 8.19. The van der Waals surface area contributed by atoms with Crippen LogP contribution in [0.15, 0.2) is 54.4 Å². The summed E-state index contributed by atoms with van der Waals surface area (Å²) in [6, 6.07) is 10.3. The van der Waals surface area contributed by atoms with E-state index >= 15 is 0 Å². The van der Waals surface area contributed by atoms with Crippen molar-refractivity contribution >= 4 is 6.08 Å². The van der Waals surface area contributed by atoms with E-state index in [4.69, 9.17) is 4.74 Å². The molecule has 2 aliphatic carbocycles. The Morgan fingerprint density at radius 2 is 2.03 bits per heavy atom. The molecule has 33 heavy (non-hydrogen) atoms. The number of aliphatic hydroxyl groups excluding tert-OH is 1. The summed E-state index contributed by atoms with van der Waals surface area (Å²) in [4.78, 5) is 4.46. The van der Waals surface area contributed by atoms with Crippen molar-refractivity contribution in [3.63, 3.8) is 0 Å². The Morgan fingerprint density at radius 1 is 1.24 bits per heavy atom. The smallest absolute Gasteiger partial charge is 0.123 e. The number of hydrogen-bond acceptors (Lipinski definition) is 4. The predicted molar refractivity (Wildman–Crippen MR) is 125 cm³/mol. The Morgan fingerprint density at radius 3 is 2.76 bits per heavy atom. The largest absolute Gasteiger partial charge is 0.387 e. The van der Waals surface area contributed by atoms with Crippen LogP contribution in [0.1, 0.15) is 61.7 Å². The van der Waals surface area contributed by atoms with E-state index in [0.717, 1.165) is 47.5 Å². The molecule has 6 heteroatoms. The number of fused-ring (bicyclic) bond motifs is 2. The maximum Gasteiger partial charge on any atom is 0.123 e. The number of aromatic nitrogens is 3. The van der Waals surface area contributed by atoms with Crippen molar-refractivity contribution in [2.75, 3.05) is 6.61 Å². The summed E-state index contributed by atoms with van der Waals surface area (Å²) < 4.78 is 21.8. The fourth-order valence-electron chi connectivity index (χ4n) is 5.85. The van der Waals surface area contributed by atoms with Crippen LogP contribution in [0.5, 0.6) is 0 Å². The lowest BCUT2D eigenvalue weighted by molar-refractivity contribution is -0.123. The summed E-state index contributed by atoms with van der Waals surface area (Å²) in [6.45, 7) is 6.85. The molecule has 172 valence electrons. The van der Waals surface area contributed by atoms with Crippen LogP contribution in [0, 0.1) is 18.2 Å². The molecule has 5 rings (SSSR count). The van der Waals surface area contributed by atoms with Crippen LogP contribution in [0.4, 0.5) is 4.39 Å². The van der Waals surface area contributed by atoms with Crippen LogP contribution in [-0.4, -0.2) is 32.1 Å². The van der Waals surface area contributed by atoms with Crippen molar-refractivity contribution in [1.82, 2.24) is 14.8 Å². The number of ether oxygens (including phenoxy) is 1. The number of nitrogens with zero attached hydrogens (tertiary/aromatic N) is 3. The summed E-state index contributed by atoms with van der Waals surface area (Å²) in [5, 5.41) is 15.8. The Bertz CT molecular complexity index is 1200. The first-order valence-electron chi connectivity index (χ1n) is 11.6. The SMILES string of the molecule is CCO[C@@]1(CC(O)c2ncccc2C)CCC2=Cc3c(cnn3-c3ccc(F)cc3)CC21C. The lowest BCUT2D eigenvalue weighted by atomic mass is 9.65. The van der Waals surface area contributed by atoms with Crippen molar-refractivity contribution in [2.24, 2.45) is 5.41 Å². The summed E-state index contributed by atoms with van der Waals surface area (Å²) in [5.41, 5.74) is 5.30. The molecule has 1 fully saturated rings. The second-order valence-electron chi connectivity index (χ2n) is 9.47. The summed E-state index contributed by atoms with van der Waals surface area (Å²) in [7, 11) is 0. The van der Waals surface area contributed by atoms with Gasteiger partial charge in [0.05, 0.1) is 35.0 Å². The third-order valence-electron chi connectivity index (χ3n) is 7.63. The molecule has 0 radical (unpaired) electrons. The Hall–Kier alpha value is -2.83. The highest BCUT2D eigenvalue weighted by molar-refractivity contribution is 5.62. The molecule has 2 unspecified atom stereocenters. The topological polar surface area (TPSA) is 60.2 Å². The van der Waals surface area contributed by atoms with E-state index in [1.165, 1.54) is 17.7 Å². The van der Waals surface area contributed by atoms with Crippen molar-refractivity contribution in [1.29, 1.82) is 0 Å². The molecule has 0 amide bonds. The fourth-order valence-corrected chi connectivity index (χ4v) is 5.85. The average molecular weight is 448 g/mol. The molecule has 2 heterocycles. The van der Waals surface area contributed by atoms with E-state index in [2.05, 4.69) is 23.1 Å². The number of halogens is 1. The first-order chi connectivity index (χ1) is 15.9. The summed E-state index contributed by atoms with van der Waals surface area (Å²) in [6.07, 6.45) is 8.20. The number of hydrogen-bond donors (Lipinski definition) is 1. The highest BCUT2D eigenvalue weighted by Crippen LogP contribution is 2.59. The maximum atomic E-state index is 13.4. The lowest BCUT2D eigenvalue weighted by Crippen LogP contribution is -2.48. The lowest BCUT2D eigenvalue weighted by Gasteiger charge is -2.46. The van der Waals surface area contributed by atoms with Crippen LogP contribution < -0.4 is 0 Å². The molecule has 1 aromatic carbocycles. The van der Waals surface area contributed by atoms with Gasteiger partial charge in [-0.15, -0.1) is 0 Å². The van der Waals surface area contributed by atoms with E-state index in [-0.39, 0.29) is 11.2 Å². The van der Waals surface area contributed by atoms with E-state index in [9.17, 15) is 9.50 Å². The molecular weight excluding hydrogens is 417 g/mol. The number of rotatable bonds is 6. The van der Waals surface area contributed by atoms with Gasteiger partial charge in [-0.1, -0.05) is 18.6 Å². The molecule has 2 aromatic heterocycles. The molecule has 5 nitrogen and oxygen atoms in total. The molecule has 2 aliphatic rings. The maximum absolute atomic E-state index is 13.4. The van der Waals surface area contributed by atoms with Gasteiger partial charge in [-0.05, 0) is 80.6 Å². The zero-order valence-corrected chi connectivity index (χ0v) is 19.4. The molecule has 0 saturated heterocycles. The Labute approximate surface area is 193 Å². The quantitative estimate of drug-likeness (QED) is 0.553. The molecule has 0 bridgehead atoms. The molecule has 3 atom stereocenters. The van der Waals surface area contributed by atoms with E-state index in [1.54, 1.807) is 18.3 Å². The van der Waals surface area contributed by atoms with Crippen LogP contribution in [0.2, 0.25) is 0 Å². The minimum atomic E-state index is -0.697. The van der Waals surface area contributed by atoms with Gasteiger partial charge in [0.1, 0.15) is 5.82 Å². The monoisotopic (exact) mass is 447 g/mol. The standard InChI is InChI=1S/C27H30FN3O2/c1-4-33-27(16-24(32)25-18(2)6-5-13-29-25)12-11-20-14-23-19(15-26(20,27)3)17-30-31(23)22-9-7-21(28)8-10-22/h5-10,13-14,17,24,32H,4,11-12,15-16H2,1-3H3/t24?,26?,27-/m1/s1. The van der Waals surface area contributed by atoms with Gasteiger partial charge < -0.3 is 9.84 Å². The number of aryl methyl sites for hydroxylation is 1. The van der Waals surface area contributed by atoms with E-state index in [1.807, 2.05) is 36.9 Å².